The predicted octanol–water partition coefficient (Wildman–Crippen LogP) is 1.52. The smallest absolute Gasteiger partial charge is 0.242 e. The van der Waals surface area contributed by atoms with E-state index in [1.807, 2.05) is 4.90 Å². The molecule has 2 fully saturated rings. The highest BCUT2D eigenvalue weighted by Crippen LogP contribution is 2.38. The van der Waals surface area contributed by atoms with Gasteiger partial charge in [0.1, 0.15) is 0 Å². The molecule has 1 aliphatic carbocycles. The van der Waals surface area contributed by atoms with Crippen LogP contribution in [-0.2, 0) is 4.79 Å². The van der Waals surface area contributed by atoms with Gasteiger partial charge in [0.25, 0.3) is 0 Å². The lowest BCUT2D eigenvalue weighted by atomic mass is 9.78. The topological polar surface area (TPSA) is 46.3 Å². The van der Waals surface area contributed by atoms with Crippen molar-refractivity contribution in [1.82, 2.24) is 4.90 Å². The maximum Gasteiger partial charge on any atom is 0.242 e. The van der Waals surface area contributed by atoms with Crippen molar-refractivity contribution in [1.29, 1.82) is 0 Å². The minimum Gasteiger partial charge on any atom is -0.341 e. The van der Waals surface area contributed by atoms with Crippen molar-refractivity contribution in [2.75, 3.05) is 13.1 Å². The third kappa shape index (κ3) is 2.03. The molecule has 1 saturated heterocycles. The van der Waals surface area contributed by atoms with Gasteiger partial charge in [-0.1, -0.05) is 20.3 Å². The molecule has 0 aromatic heterocycles. The van der Waals surface area contributed by atoms with Crippen LogP contribution in [0.3, 0.4) is 0 Å². The van der Waals surface area contributed by atoms with E-state index in [4.69, 9.17) is 5.73 Å². The summed E-state index contributed by atoms with van der Waals surface area (Å²) in [7, 11) is 0. The fourth-order valence-electron chi connectivity index (χ4n) is 2.27. The Morgan fingerprint density at radius 3 is 2.20 bits per heavy atom. The molecule has 1 aliphatic heterocycles. The van der Waals surface area contributed by atoms with Gasteiger partial charge < -0.3 is 10.6 Å². The molecule has 3 nitrogen and oxygen atoms in total. The lowest BCUT2D eigenvalue weighted by molar-refractivity contribution is -0.135. The Kier molecular flexibility index (Phi) is 2.53. The van der Waals surface area contributed by atoms with E-state index in [1.165, 1.54) is 6.42 Å². The van der Waals surface area contributed by atoms with Crippen molar-refractivity contribution in [3.8, 4) is 0 Å². The summed E-state index contributed by atoms with van der Waals surface area (Å²) in [4.78, 5) is 14.0. The first kappa shape index (κ1) is 10.9. The van der Waals surface area contributed by atoms with E-state index in [-0.39, 0.29) is 5.91 Å². The molecule has 1 heterocycles. The Labute approximate surface area is 92.0 Å². The van der Waals surface area contributed by atoms with Gasteiger partial charge in [-0.2, -0.15) is 0 Å². The summed E-state index contributed by atoms with van der Waals surface area (Å²) in [5.74, 6) is 0.195. The Hall–Kier alpha value is -0.570. The Bertz CT molecular complexity index is 263. The second kappa shape index (κ2) is 3.48. The van der Waals surface area contributed by atoms with Crippen LogP contribution in [0.25, 0.3) is 0 Å². The average molecular weight is 210 g/mol. The lowest BCUT2D eigenvalue weighted by Crippen LogP contribution is -2.50. The molecule has 0 aromatic carbocycles. The Morgan fingerprint density at radius 2 is 1.80 bits per heavy atom. The molecule has 2 aliphatic rings. The van der Waals surface area contributed by atoms with E-state index in [2.05, 4.69) is 13.8 Å². The van der Waals surface area contributed by atoms with Crippen LogP contribution in [0.1, 0.15) is 46.0 Å². The molecule has 0 radical (unpaired) electrons. The number of hydrogen-bond acceptors (Lipinski definition) is 2. The van der Waals surface area contributed by atoms with Crippen molar-refractivity contribution in [3.63, 3.8) is 0 Å². The predicted molar refractivity (Wildman–Crippen MR) is 60.4 cm³/mol. The van der Waals surface area contributed by atoms with Gasteiger partial charge in [-0.15, -0.1) is 0 Å². The number of piperidine rings is 1. The van der Waals surface area contributed by atoms with Gasteiger partial charge in [0, 0.05) is 13.1 Å². The summed E-state index contributed by atoms with van der Waals surface area (Å²) in [5.41, 5.74) is 5.90. The zero-order valence-electron chi connectivity index (χ0n) is 9.88. The van der Waals surface area contributed by atoms with Crippen LogP contribution in [0.15, 0.2) is 0 Å². The first-order valence-electron chi connectivity index (χ1n) is 6.07. The van der Waals surface area contributed by atoms with Crippen molar-refractivity contribution in [2.24, 2.45) is 11.1 Å². The second-order valence-corrected chi connectivity index (χ2v) is 5.61. The number of hydrogen-bond donors (Lipinski definition) is 1. The van der Waals surface area contributed by atoms with Crippen LogP contribution in [-0.4, -0.2) is 29.4 Å². The van der Waals surface area contributed by atoms with E-state index >= 15 is 0 Å². The molecular formula is C12H22N2O. The second-order valence-electron chi connectivity index (χ2n) is 5.61. The third-order valence-electron chi connectivity index (χ3n) is 4.33. The van der Waals surface area contributed by atoms with E-state index in [9.17, 15) is 4.79 Å². The first-order valence-corrected chi connectivity index (χ1v) is 6.07. The van der Waals surface area contributed by atoms with E-state index in [0.717, 1.165) is 38.8 Å². The number of nitrogens with two attached hydrogens (primary N) is 1. The van der Waals surface area contributed by atoms with Gasteiger partial charge in [0.2, 0.25) is 5.91 Å². The summed E-state index contributed by atoms with van der Waals surface area (Å²) in [6, 6.07) is 0. The Morgan fingerprint density at radius 1 is 1.27 bits per heavy atom. The molecular weight excluding hydrogens is 188 g/mol. The van der Waals surface area contributed by atoms with Crippen LogP contribution >= 0.6 is 0 Å². The number of rotatable bonds is 2. The standard InChI is InChI=1S/C12H22N2O/c1-3-11(2)6-8-14(9-7-11)10(15)12(13)4-5-12/h3-9,13H2,1-2H3. The van der Waals surface area contributed by atoms with Crippen molar-refractivity contribution in [3.05, 3.63) is 0 Å². The van der Waals surface area contributed by atoms with Gasteiger partial charge in [0.05, 0.1) is 5.54 Å². The molecule has 0 bridgehead atoms. The summed E-state index contributed by atoms with van der Waals surface area (Å²) in [6.45, 7) is 6.37. The van der Waals surface area contributed by atoms with Crippen molar-refractivity contribution >= 4 is 5.91 Å². The molecule has 2 rings (SSSR count). The van der Waals surface area contributed by atoms with Crippen molar-refractivity contribution in [2.45, 2.75) is 51.5 Å². The zero-order valence-corrected chi connectivity index (χ0v) is 9.88. The fourth-order valence-corrected chi connectivity index (χ4v) is 2.27. The minimum atomic E-state index is -0.472. The van der Waals surface area contributed by atoms with Crippen LogP contribution in [0.4, 0.5) is 0 Å². The number of carbonyl (C=O) groups is 1. The monoisotopic (exact) mass is 210 g/mol. The third-order valence-corrected chi connectivity index (χ3v) is 4.33. The molecule has 86 valence electrons. The van der Waals surface area contributed by atoms with Gasteiger partial charge in [-0.25, -0.2) is 0 Å². The summed E-state index contributed by atoms with van der Waals surface area (Å²) >= 11 is 0. The molecule has 2 N–H and O–H groups in total. The molecule has 0 atom stereocenters. The molecule has 15 heavy (non-hydrogen) atoms. The van der Waals surface area contributed by atoms with E-state index in [1.54, 1.807) is 0 Å². The van der Waals surface area contributed by atoms with Crippen LogP contribution in [0, 0.1) is 5.41 Å². The molecule has 1 saturated carbocycles. The Balaban J connectivity index is 1.91. The first-order chi connectivity index (χ1) is 6.99. The minimum absolute atomic E-state index is 0.195. The zero-order chi connectivity index (χ0) is 11.1. The van der Waals surface area contributed by atoms with Crippen LogP contribution in [0.2, 0.25) is 0 Å². The number of nitrogens with zero attached hydrogens (tertiary/aromatic N) is 1. The number of carbonyl (C=O) groups excluding carboxylic acids is 1. The maximum absolute atomic E-state index is 12.0. The van der Waals surface area contributed by atoms with Gasteiger partial charge in [0.15, 0.2) is 0 Å². The number of likely N-dealkylation sites (tertiary alicyclic amines) is 1. The van der Waals surface area contributed by atoms with Gasteiger partial charge in [-0.05, 0) is 31.1 Å². The summed E-state index contributed by atoms with van der Waals surface area (Å²) in [5, 5.41) is 0. The number of amides is 1. The molecule has 0 aromatic rings. The lowest BCUT2D eigenvalue weighted by Gasteiger charge is -2.39. The summed E-state index contributed by atoms with van der Waals surface area (Å²) < 4.78 is 0. The van der Waals surface area contributed by atoms with E-state index in [0.29, 0.717) is 5.41 Å². The highest BCUT2D eigenvalue weighted by molar-refractivity contribution is 5.89. The normalized spacial score (nSPS) is 27.5. The van der Waals surface area contributed by atoms with Crippen molar-refractivity contribution < 1.29 is 4.79 Å². The van der Waals surface area contributed by atoms with Crippen LogP contribution < -0.4 is 5.73 Å². The maximum atomic E-state index is 12.0. The largest absolute Gasteiger partial charge is 0.341 e. The van der Waals surface area contributed by atoms with Gasteiger partial charge >= 0.3 is 0 Å². The quantitative estimate of drug-likeness (QED) is 0.751. The fraction of sp³-hybridized carbons (Fsp3) is 0.917. The van der Waals surface area contributed by atoms with Crippen LogP contribution in [0.5, 0.6) is 0 Å². The molecule has 3 heteroatoms. The summed E-state index contributed by atoms with van der Waals surface area (Å²) in [6.07, 6.45) is 5.24. The highest BCUT2D eigenvalue weighted by atomic mass is 16.2. The molecule has 1 amide bonds. The molecule has 0 spiro atoms. The molecule has 0 unspecified atom stereocenters. The SMILES string of the molecule is CCC1(C)CCN(C(=O)C2(N)CC2)CC1. The van der Waals surface area contributed by atoms with Gasteiger partial charge in [-0.3, -0.25) is 4.79 Å². The van der Waals surface area contributed by atoms with E-state index < -0.39 is 5.54 Å². The highest BCUT2D eigenvalue weighted by Gasteiger charge is 2.48. The average Bonchev–Trinajstić information content (AvgIpc) is 2.98.